The first-order chi connectivity index (χ1) is 15.1. The number of hydrogen-bond donors (Lipinski definition) is 1. The highest BCUT2D eigenvalue weighted by molar-refractivity contribution is 5.96. The molecular weight excluding hydrogens is 390 g/mol. The fourth-order valence-corrected chi connectivity index (χ4v) is 3.52. The Morgan fingerprint density at radius 2 is 1.77 bits per heavy atom. The molecule has 3 aromatic rings. The lowest BCUT2D eigenvalue weighted by molar-refractivity contribution is -0.125. The van der Waals surface area contributed by atoms with Gasteiger partial charge in [0, 0.05) is 31.1 Å². The third-order valence-electron chi connectivity index (χ3n) is 5.34. The first-order valence-corrected chi connectivity index (χ1v) is 10.5. The van der Waals surface area contributed by atoms with E-state index in [1.807, 2.05) is 42.5 Å². The van der Waals surface area contributed by atoms with Gasteiger partial charge in [0.25, 0.3) is 0 Å². The molecule has 1 aromatic heterocycles. The Morgan fingerprint density at radius 1 is 1.00 bits per heavy atom. The predicted octanol–water partition coefficient (Wildman–Crippen LogP) is 4.38. The zero-order valence-corrected chi connectivity index (χ0v) is 17.5. The number of rotatable bonds is 6. The number of carbonyl (C=O) groups excluding carboxylic acids is 2. The molecule has 0 unspecified atom stereocenters. The Kier molecular flexibility index (Phi) is 6.26. The molecule has 2 heterocycles. The van der Waals surface area contributed by atoms with Crippen molar-refractivity contribution in [1.82, 2.24) is 10.3 Å². The van der Waals surface area contributed by atoms with Crippen molar-refractivity contribution in [3.8, 4) is 11.6 Å². The van der Waals surface area contributed by atoms with Crippen molar-refractivity contribution < 1.29 is 14.3 Å². The van der Waals surface area contributed by atoms with Gasteiger partial charge in [0.05, 0.1) is 6.54 Å². The molecule has 1 N–H and O–H groups in total. The molecule has 4 rings (SSSR count). The SMILES string of the molecule is CCc1ccc(CNC(=O)CCC(=O)N2Cc3ccccc3Oc3ncccc32)cc1. The summed E-state index contributed by atoms with van der Waals surface area (Å²) in [5.41, 5.74) is 3.81. The van der Waals surface area contributed by atoms with Gasteiger partial charge in [-0.05, 0) is 35.7 Å². The molecule has 0 saturated carbocycles. The highest BCUT2D eigenvalue weighted by atomic mass is 16.5. The van der Waals surface area contributed by atoms with Crippen molar-refractivity contribution in [2.45, 2.75) is 39.3 Å². The maximum Gasteiger partial charge on any atom is 0.243 e. The van der Waals surface area contributed by atoms with Gasteiger partial charge in [0.15, 0.2) is 0 Å². The zero-order chi connectivity index (χ0) is 21.6. The van der Waals surface area contributed by atoms with Gasteiger partial charge in [0.2, 0.25) is 17.7 Å². The van der Waals surface area contributed by atoms with Gasteiger partial charge in [-0.1, -0.05) is 49.4 Å². The van der Waals surface area contributed by atoms with Crippen molar-refractivity contribution in [2.24, 2.45) is 0 Å². The lowest BCUT2D eigenvalue weighted by Gasteiger charge is -2.21. The monoisotopic (exact) mass is 415 g/mol. The molecule has 0 saturated heterocycles. The molecule has 6 heteroatoms. The molecule has 0 aliphatic carbocycles. The van der Waals surface area contributed by atoms with E-state index in [2.05, 4.69) is 29.4 Å². The topological polar surface area (TPSA) is 71.5 Å². The fraction of sp³-hybridized carbons (Fsp3) is 0.240. The molecule has 2 amide bonds. The van der Waals surface area contributed by atoms with Crippen molar-refractivity contribution in [2.75, 3.05) is 4.90 Å². The van der Waals surface area contributed by atoms with Crippen LogP contribution in [-0.2, 0) is 29.1 Å². The number of nitrogens with zero attached hydrogens (tertiary/aromatic N) is 2. The lowest BCUT2D eigenvalue weighted by atomic mass is 10.1. The highest BCUT2D eigenvalue weighted by Gasteiger charge is 2.26. The van der Waals surface area contributed by atoms with E-state index in [9.17, 15) is 9.59 Å². The summed E-state index contributed by atoms with van der Waals surface area (Å²) in [6.45, 7) is 2.94. The van der Waals surface area contributed by atoms with Gasteiger partial charge >= 0.3 is 0 Å². The van der Waals surface area contributed by atoms with E-state index in [-0.39, 0.29) is 24.7 Å². The largest absolute Gasteiger partial charge is 0.437 e. The number of anilines is 1. The number of hydrogen-bond acceptors (Lipinski definition) is 4. The van der Waals surface area contributed by atoms with Gasteiger partial charge < -0.3 is 15.0 Å². The number of fused-ring (bicyclic) bond motifs is 2. The lowest BCUT2D eigenvalue weighted by Crippen LogP contribution is -2.31. The van der Waals surface area contributed by atoms with Crippen LogP contribution in [0.2, 0.25) is 0 Å². The summed E-state index contributed by atoms with van der Waals surface area (Å²) in [6, 6.07) is 19.3. The van der Waals surface area contributed by atoms with E-state index < -0.39 is 0 Å². The molecule has 31 heavy (non-hydrogen) atoms. The fourth-order valence-electron chi connectivity index (χ4n) is 3.52. The Balaban J connectivity index is 1.39. The number of carbonyl (C=O) groups is 2. The van der Waals surface area contributed by atoms with Gasteiger partial charge in [-0.3, -0.25) is 9.59 Å². The van der Waals surface area contributed by atoms with Gasteiger partial charge in [-0.2, -0.15) is 0 Å². The minimum Gasteiger partial charge on any atom is -0.437 e. The van der Waals surface area contributed by atoms with E-state index in [4.69, 9.17) is 4.74 Å². The quantitative estimate of drug-likeness (QED) is 0.649. The Bertz CT molecular complexity index is 1080. The number of ether oxygens (including phenoxy) is 1. The van der Waals surface area contributed by atoms with E-state index in [1.165, 1.54) is 5.56 Å². The Labute approximate surface area is 181 Å². The zero-order valence-electron chi connectivity index (χ0n) is 17.5. The molecule has 0 atom stereocenters. The van der Waals surface area contributed by atoms with Crippen molar-refractivity contribution in [3.05, 3.63) is 83.6 Å². The summed E-state index contributed by atoms with van der Waals surface area (Å²) >= 11 is 0. The molecule has 0 bridgehead atoms. The number of pyridine rings is 1. The number of benzene rings is 2. The first kappa shape index (κ1) is 20.6. The third-order valence-corrected chi connectivity index (χ3v) is 5.34. The van der Waals surface area contributed by atoms with Crippen LogP contribution in [0.25, 0.3) is 0 Å². The molecule has 0 spiro atoms. The summed E-state index contributed by atoms with van der Waals surface area (Å²) in [5.74, 6) is 0.785. The van der Waals surface area contributed by atoms with Crippen LogP contribution in [0.5, 0.6) is 11.6 Å². The van der Waals surface area contributed by atoms with Crippen molar-refractivity contribution in [3.63, 3.8) is 0 Å². The summed E-state index contributed by atoms with van der Waals surface area (Å²) in [4.78, 5) is 31.3. The van der Waals surface area contributed by atoms with Crippen LogP contribution in [0.1, 0.15) is 36.5 Å². The smallest absolute Gasteiger partial charge is 0.243 e. The Hall–Kier alpha value is -3.67. The van der Waals surface area contributed by atoms with Crippen LogP contribution in [-0.4, -0.2) is 16.8 Å². The second kappa shape index (κ2) is 9.43. The van der Waals surface area contributed by atoms with Crippen molar-refractivity contribution in [1.29, 1.82) is 0 Å². The van der Waals surface area contributed by atoms with Crippen LogP contribution in [0.3, 0.4) is 0 Å². The second-order valence-electron chi connectivity index (χ2n) is 7.46. The summed E-state index contributed by atoms with van der Waals surface area (Å²) in [6.07, 6.45) is 2.85. The number of para-hydroxylation sites is 1. The standard InChI is InChI=1S/C25H25N3O3/c1-2-18-9-11-19(12-10-18)16-27-23(29)13-14-24(30)28-17-20-6-3-4-8-22(20)31-25-21(28)7-5-15-26-25/h3-12,15H,2,13-14,16-17H2,1H3,(H,27,29). The minimum absolute atomic E-state index is 0.108. The number of aryl methyl sites for hydroxylation is 1. The normalized spacial score (nSPS) is 12.2. The minimum atomic E-state index is -0.147. The molecule has 1 aliphatic rings. The molecule has 2 aromatic carbocycles. The maximum atomic E-state index is 13.0. The van der Waals surface area contributed by atoms with Crippen LogP contribution >= 0.6 is 0 Å². The average molecular weight is 415 g/mol. The number of nitrogens with one attached hydrogen (secondary N) is 1. The van der Waals surface area contributed by atoms with Crippen LogP contribution in [0, 0.1) is 0 Å². The van der Waals surface area contributed by atoms with E-state index in [0.29, 0.717) is 30.4 Å². The van der Waals surface area contributed by atoms with Crippen molar-refractivity contribution >= 4 is 17.5 Å². The van der Waals surface area contributed by atoms with Crippen LogP contribution < -0.4 is 15.0 Å². The summed E-state index contributed by atoms with van der Waals surface area (Å²) < 4.78 is 5.93. The first-order valence-electron chi connectivity index (χ1n) is 10.5. The van der Waals surface area contributed by atoms with E-state index >= 15 is 0 Å². The predicted molar refractivity (Wildman–Crippen MR) is 119 cm³/mol. The molecular formula is C25H25N3O3. The second-order valence-corrected chi connectivity index (χ2v) is 7.46. The van der Waals surface area contributed by atoms with Gasteiger partial charge in [-0.15, -0.1) is 0 Å². The number of aromatic nitrogens is 1. The summed E-state index contributed by atoms with van der Waals surface area (Å²) in [7, 11) is 0. The Morgan fingerprint density at radius 3 is 2.58 bits per heavy atom. The molecule has 158 valence electrons. The summed E-state index contributed by atoms with van der Waals surface area (Å²) in [5, 5.41) is 2.90. The van der Waals surface area contributed by atoms with Gasteiger partial charge in [0.1, 0.15) is 11.4 Å². The molecule has 0 radical (unpaired) electrons. The molecule has 6 nitrogen and oxygen atoms in total. The highest BCUT2D eigenvalue weighted by Crippen LogP contribution is 2.37. The van der Waals surface area contributed by atoms with Crippen LogP contribution in [0.15, 0.2) is 66.9 Å². The molecule has 0 fully saturated rings. The molecule has 1 aliphatic heterocycles. The number of amides is 2. The van der Waals surface area contributed by atoms with E-state index in [0.717, 1.165) is 17.5 Å². The van der Waals surface area contributed by atoms with Gasteiger partial charge in [-0.25, -0.2) is 4.98 Å². The van der Waals surface area contributed by atoms with E-state index in [1.54, 1.807) is 17.2 Å². The van der Waals surface area contributed by atoms with Crippen LogP contribution in [0.4, 0.5) is 5.69 Å². The maximum absolute atomic E-state index is 13.0. The third kappa shape index (κ3) is 4.91. The average Bonchev–Trinajstić information content (AvgIpc) is 2.98.